The molecule has 0 saturated carbocycles. The summed E-state index contributed by atoms with van der Waals surface area (Å²) in [5.41, 5.74) is 0. The lowest BCUT2D eigenvalue weighted by molar-refractivity contribution is -0.167. The summed E-state index contributed by atoms with van der Waals surface area (Å²) < 4.78 is 16.8. The molecule has 6 nitrogen and oxygen atoms in total. The highest BCUT2D eigenvalue weighted by Gasteiger charge is 2.19. The maximum absolute atomic E-state index is 12.8. The molecule has 1 atom stereocenters. The zero-order chi connectivity index (χ0) is 47.2. The van der Waals surface area contributed by atoms with E-state index in [0.717, 1.165) is 89.9 Å². The summed E-state index contributed by atoms with van der Waals surface area (Å²) in [4.78, 5) is 38.1. The van der Waals surface area contributed by atoms with Crippen molar-refractivity contribution >= 4 is 17.9 Å². The first-order valence-corrected chi connectivity index (χ1v) is 27.8. The van der Waals surface area contributed by atoms with E-state index in [1.807, 2.05) is 0 Å². The Morgan fingerprint density at radius 3 is 1.08 bits per heavy atom. The van der Waals surface area contributed by atoms with Crippen LogP contribution in [0.15, 0.2) is 60.8 Å². The normalized spacial score (nSPS) is 12.5. The summed E-state index contributed by atoms with van der Waals surface area (Å²) in [6.45, 7) is 6.50. The number of hydrogen-bond acceptors (Lipinski definition) is 6. The van der Waals surface area contributed by atoms with Crippen molar-refractivity contribution < 1.29 is 28.6 Å². The molecule has 6 heteroatoms. The third-order valence-corrected chi connectivity index (χ3v) is 12.0. The zero-order valence-electron chi connectivity index (χ0n) is 43.0. The van der Waals surface area contributed by atoms with Crippen molar-refractivity contribution in [2.24, 2.45) is 0 Å². The van der Waals surface area contributed by atoms with Gasteiger partial charge in [0.25, 0.3) is 0 Å². The molecule has 0 heterocycles. The standard InChI is InChI=1S/C59H104O6/c1-4-7-10-13-16-19-22-25-28-29-30-31-32-35-37-40-43-46-49-52-58(61)64-55-56(65-59(62)53-50-47-44-41-38-34-27-24-21-18-15-12-9-6-3)54-63-57(60)51-48-45-42-39-36-33-26-23-20-17-14-11-8-5-2/h9,12,16,18-19,21-22,25,33,36,56H,4-8,10-11,13-15,17,20,23-24,26-32,34-35,37-55H2,1-3H3/b12-9-,19-16-,21-18-,25-22-,36-33-. The molecule has 0 aliphatic rings. The summed E-state index contributed by atoms with van der Waals surface area (Å²) in [6, 6.07) is 0. The van der Waals surface area contributed by atoms with Gasteiger partial charge in [-0.05, 0) is 96.3 Å². The monoisotopic (exact) mass is 909 g/mol. The van der Waals surface area contributed by atoms with E-state index < -0.39 is 6.10 Å². The van der Waals surface area contributed by atoms with Gasteiger partial charge < -0.3 is 14.2 Å². The summed E-state index contributed by atoms with van der Waals surface area (Å²) in [5.74, 6) is -0.903. The minimum absolute atomic E-state index is 0.0832. The number of carbonyl (C=O) groups is 3. The van der Waals surface area contributed by atoms with E-state index >= 15 is 0 Å². The van der Waals surface area contributed by atoms with Crippen molar-refractivity contribution in [3.8, 4) is 0 Å². The highest BCUT2D eigenvalue weighted by atomic mass is 16.6. The molecule has 0 spiro atoms. The predicted octanol–water partition coefficient (Wildman–Crippen LogP) is 18.4. The van der Waals surface area contributed by atoms with Crippen LogP contribution in [0.4, 0.5) is 0 Å². The molecule has 0 aromatic heterocycles. The topological polar surface area (TPSA) is 78.9 Å². The highest BCUT2D eigenvalue weighted by Crippen LogP contribution is 2.15. The molecule has 376 valence electrons. The van der Waals surface area contributed by atoms with Crippen LogP contribution in [0.25, 0.3) is 0 Å². The highest BCUT2D eigenvalue weighted by molar-refractivity contribution is 5.71. The Balaban J connectivity index is 4.37. The lowest BCUT2D eigenvalue weighted by Crippen LogP contribution is -2.30. The van der Waals surface area contributed by atoms with Crippen LogP contribution in [0.5, 0.6) is 0 Å². The second kappa shape index (κ2) is 53.7. The van der Waals surface area contributed by atoms with Gasteiger partial charge in [-0.1, -0.05) is 223 Å². The molecule has 0 amide bonds. The Labute approximate surface area is 402 Å². The van der Waals surface area contributed by atoms with Gasteiger partial charge in [0.1, 0.15) is 13.2 Å². The van der Waals surface area contributed by atoms with Crippen LogP contribution >= 0.6 is 0 Å². The first kappa shape index (κ1) is 62.1. The number of esters is 3. The Morgan fingerprint density at radius 1 is 0.338 bits per heavy atom. The van der Waals surface area contributed by atoms with E-state index in [1.54, 1.807) is 0 Å². The number of carbonyl (C=O) groups excluding carboxylic acids is 3. The quantitative estimate of drug-likeness (QED) is 0.0199. The van der Waals surface area contributed by atoms with Crippen molar-refractivity contribution in [1.29, 1.82) is 0 Å². The van der Waals surface area contributed by atoms with Crippen LogP contribution in [-0.4, -0.2) is 37.2 Å². The fourth-order valence-corrected chi connectivity index (χ4v) is 7.82. The van der Waals surface area contributed by atoms with E-state index in [4.69, 9.17) is 14.2 Å². The van der Waals surface area contributed by atoms with E-state index in [9.17, 15) is 14.4 Å². The molecule has 0 aromatic carbocycles. The molecule has 0 aliphatic carbocycles. The fraction of sp³-hybridized carbons (Fsp3) is 0.780. The number of unbranched alkanes of at least 4 members (excludes halogenated alkanes) is 30. The molecule has 0 fully saturated rings. The minimum atomic E-state index is -0.785. The number of allylic oxidation sites excluding steroid dienone is 10. The first-order valence-electron chi connectivity index (χ1n) is 27.8. The lowest BCUT2D eigenvalue weighted by Gasteiger charge is -2.18. The maximum atomic E-state index is 12.8. The Hall–Kier alpha value is -2.89. The molecular weight excluding hydrogens is 805 g/mol. The van der Waals surface area contributed by atoms with Crippen molar-refractivity contribution in [3.05, 3.63) is 60.8 Å². The summed E-state index contributed by atoms with van der Waals surface area (Å²) in [6.07, 6.45) is 66.3. The molecule has 0 saturated heterocycles. The third kappa shape index (κ3) is 51.9. The van der Waals surface area contributed by atoms with Gasteiger partial charge in [0.15, 0.2) is 6.10 Å². The van der Waals surface area contributed by atoms with Gasteiger partial charge in [-0.2, -0.15) is 0 Å². The van der Waals surface area contributed by atoms with E-state index in [1.165, 1.54) is 148 Å². The van der Waals surface area contributed by atoms with Crippen molar-refractivity contribution in [1.82, 2.24) is 0 Å². The second-order valence-electron chi connectivity index (χ2n) is 18.5. The van der Waals surface area contributed by atoms with Crippen molar-refractivity contribution in [2.45, 2.75) is 284 Å². The number of rotatable bonds is 50. The van der Waals surface area contributed by atoms with Crippen LogP contribution in [0.2, 0.25) is 0 Å². The van der Waals surface area contributed by atoms with Gasteiger partial charge >= 0.3 is 17.9 Å². The largest absolute Gasteiger partial charge is 0.462 e. The molecule has 0 radical (unpaired) electrons. The van der Waals surface area contributed by atoms with Crippen LogP contribution in [-0.2, 0) is 28.6 Å². The Kier molecular flexibility index (Phi) is 51.3. The van der Waals surface area contributed by atoms with Crippen molar-refractivity contribution in [2.75, 3.05) is 13.2 Å². The Morgan fingerprint density at radius 2 is 0.646 bits per heavy atom. The summed E-state index contributed by atoms with van der Waals surface area (Å²) in [5, 5.41) is 0. The van der Waals surface area contributed by atoms with Gasteiger partial charge in [0.05, 0.1) is 0 Å². The van der Waals surface area contributed by atoms with Gasteiger partial charge in [0, 0.05) is 19.3 Å². The second-order valence-corrected chi connectivity index (χ2v) is 18.5. The van der Waals surface area contributed by atoms with Crippen molar-refractivity contribution in [3.63, 3.8) is 0 Å². The van der Waals surface area contributed by atoms with Crippen LogP contribution in [0, 0.1) is 0 Å². The van der Waals surface area contributed by atoms with E-state index in [-0.39, 0.29) is 31.1 Å². The molecule has 0 bridgehead atoms. The third-order valence-electron chi connectivity index (χ3n) is 12.0. The minimum Gasteiger partial charge on any atom is -0.462 e. The average molecular weight is 909 g/mol. The summed E-state index contributed by atoms with van der Waals surface area (Å²) in [7, 11) is 0. The van der Waals surface area contributed by atoms with Crippen LogP contribution in [0.3, 0.4) is 0 Å². The summed E-state index contributed by atoms with van der Waals surface area (Å²) >= 11 is 0. The van der Waals surface area contributed by atoms with Gasteiger partial charge in [-0.25, -0.2) is 0 Å². The van der Waals surface area contributed by atoms with Crippen LogP contribution in [0.1, 0.15) is 278 Å². The zero-order valence-corrected chi connectivity index (χ0v) is 43.0. The van der Waals surface area contributed by atoms with Gasteiger partial charge in [-0.3, -0.25) is 14.4 Å². The predicted molar refractivity (Wildman–Crippen MR) is 279 cm³/mol. The molecule has 0 N–H and O–H groups in total. The molecule has 0 aromatic rings. The van der Waals surface area contributed by atoms with Gasteiger partial charge in [0.2, 0.25) is 0 Å². The maximum Gasteiger partial charge on any atom is 0.306 e. The van der Waals surface area contributed by atoms with E-state index in [0.29, 0.717) is 19.3 Å². The molecule has 0 rings (SSSR count). The molecular formula is C59H104O6. The lowest BCUT2D eigenvalue weighted by atomic mass is 10.1. The number of ether oxygens (including phenoxy) is 3. The fourth-order valence-electron chi connectivity index (χ4n) is 7.82. The van der Waals surface area contributed by atoms with E-state index in [2.05, 4.69) is 81.5 Å². The smallest absolute Gasteiger partial charge is 0.306 e. The molecule has 0 aliphatic heterocycles. The SMILES string of the molecule is CC/C=C\C/C=C\CCCCCCCCCC(=O)OC(COC(=O)CCCCC/C=C\CCCCCCCCC)COC(=O)CCCCCCCCCCCC/C=C\C=C/CCCCC. The molecule has 65 heavy (non-hydrogen) atoms. The van der Waals surface area contributed by atoms with Gasteiger partial charge in [-0.15, -0.1) is 0 Å². The molecule has 1 unspecified atom stereocenters. The average Bonchev–Trinajstić information content (AvgIpc) is 3.30. The van der Waals surface area contributed by atoms with Crippen LogP contribution < -0.4 is 0 Å². The first-order chi connectivity index (χ1) is 32.0. The Bertz CT molecular complexity index is 1180. The number of hydrogen-bond donors (Lipinski definition) is 0.